The lowest BCUT2D eigenvalue weighted by Crippen LogP contribution is -2.57. The van der Waals surface area contributed by atoms with Gasteiger partial charge in [0, 0.05) is 31.7 Å². The van der Waals surface area contributed by atoms with E-state index in [2.05, 4.69) is 5.32 Å². The van der Waals surface area contributed by atoms with Gasteiger partial charge in [-0.3, -0.25) is 14.4 Å². The number of nitrogens with one attached hydrogen (secondary N) is 1. The highest BCUT2D eigenvalue weighted by molar-refractivity contribution is 7.92. The Balaban J connectivity index is 1.54. The number of piperazine rings is 1. The number of carbonyl (C=O) groups is 3. The van der Waals surface area contributed by atoms with Gasteiger partial charge in [0.05, 0.1) is 11.2 Å². The summed E-state index contributed by atoms with van der Waals surface area (Å²) in [5.41, 5.74) is 1.39. The summed E-state index contributed by atoms with van der Waals surface area (Å²) in [6, 6.07) is 17.7. The molecule has 1 saturated heterocycles. The van der Waals surface area contributed by atoms with Crippen LogP contribution in [0.5, 0.6) is 0 Å². The Bertz CT molecular complexity index is 1300. The van der Waals surface area contributed by atoms with Crippen LogP contribution < -0.4 is 5.32 Å². The average molecular weight is 496 g/mol. The number of furan rings is 1. The largest absolute Gasteiger partial charge is 0.459 e. The molecule has 1 fully saturated rings. The fourth-order valence-corrected chi connectivity index (χ4v) is 5.26. The Labute approximate surface area is 203 Å². The Morgan fingerprint density at radius 1 is 0.857 bits per heavy atom. The van der Waals surface area contributed by atoms with E-state index in [1.165, 1.54) is 35.4 Å². The van der Waals surface area contributed by atoms with E-state index in [4.69, 9.17) is 4.42 Å². The zero-order valence-electron chi connectivity index (χ0n) is 19.1. The molecule has 0 aliphatic carbocycles. The molecule has 0 saturated carbocycles. The third-order valence-corrected chi connectivity index (χ3v) is 7.66. The maximum absolute atomic E-state index is 13.4. The number of benzene rings is 2. The second-order valence-corrected chi connectivity index (χ2v) is 10.2. The summed E-state index contributed by atoms with van der Waals surface area (Å²) in [5.74, 6) is -1.85. The number of rotatable bonds is 6. The van der Waals surface area contributed by atoms with E-state index in [-0.39, 0.29) is 42.7 Å². The number of aryl methyl sites for hydroxylation is 1. The van der Waals surface area contributed by atoms with Crippen LogP contribution in [-0.2, 0) is 14.6 Å². The summed E-state index contributed by atoms with van der Waals surface area (Å²) in [6.07, 6.45) is 1.28. The number of nitrogens with zero attached hydrogens (tertiary/aromatic N) is 2. The van der Waals surface area contributed by atoms with Crippen LogP contribution in [-0.4, -0.2) is 67.5 Å². The predicted molar refractivity (Wildman–Crippen MR) is 127 cm³/mol. The van der Waals surface area contributed by atoms with Crippen LogP contribution in [0.3, 0.4) is 0 Å². The molecule has 0 spiro atoms. The molecule has 9 nitrogen and oxygen atoms in total. The Morgan fingerprint density at radius 2 is 1.49 bits per heavy atom. The van der Waals surface area contributed by atoms with Crippen LogP contribution in [0.4, 0.5) is 0 Å². The molecule has 2 heterocycles. The smallest absolute Gasteiger partial charge is 0.288 e. The van der Waals surface area contributed by atoms with Gasteiger partial charge >= 0.3 is 0 Å². The third kappa shape index (κ3) is 5.27. The quantitative estimate of drug-likeness (QED) is 0.560. The van der Waals surface area contributed by atoms with Gasteiger partial charge in [-0.25, -0.2) is 8.42 Å². The molecule has 1 aromatic heterocycles. The monoisotopic (exact) mass is 495 g/mol. The zero-order chi connectivity index (χ0) is 25.0. The van der Waals surface area contributed by atoms with Crippen LogP contribution in [0.2, 0.25) is 0 Å². The first-order valence-corrected chi connectivity index (χ1v) is 12.6. The van der Waals surface area contributed by atoms with Gasteiger partial charge in [-0.2, -0.15) is 0 Å². The van der Waals surface area contributed by atoms with Crippen molar-refractivity contribution < 1.29 is 27.2 Å². The minimum Gasteiger partial charge on any atom is -0.459 e. The van der Waals surface area contributed by atoms with Crippen molar-refractivity contribution in [2.45, 2.75) is 17.2 Å². The fraction of sp³-hybridized carbons (Fsp3) is 0.240. The standard InChI is InChI=1S/C25H25N3O6S/c1-18-9-11-20(12-10-18)35(32,33)23(26-22(29)21-8-5-17-34-21)25(31)28-15-13-27(14-16-28)24(30)19-6-3-2-4-7-19/h2-12,17,23H,13-16H2,1H3,(H,26,29)/t23-/m0/s1. The van der Waals surface area contributed by atoms with E-state index in [1.807, 2.05) is 13.0 Å². The predicted octanol–water partition coefficient (Wildman–Crippen LogP) is 2.10. The lowest BCUT2D eigenvalue weighted by Gasteiger charge is -2.36. The van der Waals surface area contributed by atoms with Gasteiger partial charge in [0.25, 0.3) is 17.7 Å². The molecule has 10 heteroatoms. The van der Waals surface area contributed by atoms with Gasteiger partial charge in [-0.1, -0.05) is 35.9 Å². The van der Waals surface area contributed by atoms with Gasteiger partial charge in [0.15, 0.2) is 5.76 Å². The van der Waals surface area contributed by atoms with Crippen molar-refractivity contribution in [2.24, 2.45) is 0 Å². The van der Waals surface area contributed by atoms with Crippen molar-refractivity contribution in [3.05, 3.63) is 89.9 Å². The minimum absolute atomic E-state index is 0.0842. The normalized spacial score (nSPS) is 14.9. The van der Waals surface area contributed by atoms with Gasteiger partial charge in [-0.15, -0.1) is 0 Å². The highest BCUT2D eigenvalue weighted by Crippen LogP contribution is 2.19. The van der Waals surface area contributed by atoms with E-state index < -0.39 is 27.0 Å². The molecule has 0 unspecified atom stereocenters. The number of hydrogen-bond donors (Lipinski definition) is 1. The first kappa shape index (κ1) is 24.2. The van der Waals surface area contributed by atoms with E-state index in [0.717, 1.165) is 5.56 Å². The molecular formula is C25H25N3O6S. The fourth-order valence-electron chi connectivity index (χ4n) is 3.79. The van der Waals surface area contributed by atoms with Crippen LogP contribution in [0.15, 0.2) is 82.3 Å². The molecule has 0 bridgehead atoms. The van der Waals surface area contributed by atoms with E-state index in [1.54, 1.807) is 41.3 Å². The van der Waals surface area contributed by atoms with Crippen LogP contribution in [0.25, 0.3) is 0 Å². The molecule has 2 aromatic carbocycles. The van der Waals surface area contributed by atoms with Crippen molar-refractivity contribution in [1.29, 1.82) is 0 Å². The van der Waals surface area contributed by atoms with Gasteiger partial charge in [0.2, 0.25) is 15.2 Å². The molecule has 35 heavy (non-hydrogen) atoms. The molecule has 3 amide bonds. The highest BCUT2D eigenvalue weighted by atomic mass is 32.2. The Kier molecular flexibility index (Phi) is 7.02. The number of carbonyl (C=O) groups excluding carboxylic acids is 3. The molecule has 1 N–H and O–H groups in total. The molecule has 1 aliphatic heterocycles. The van der Waals surface area contributed by atoms with Crippen molar-refractivity contribution in [2.75, 3.05) is 26.2 Å². The summed E-state index contributed by atoms with van der Waals surface area (Å²) in [4.78, 5) is 41.7. The third-order valence-electron chi connectivity index (χ3n) is 5.79. The van der Waals surface area contributed by atoms with Crippen LogP contribution in [0.1, 0.15) is 26.5 Å². The van der Waals surface area contributed by atoms with Crippen LogP contribution >= 0.6 is 0 Å². The van der Waals surface area contributed by atoms with Crippen molar-refractivity contribution in [1.82, 2.24) is 15.1 Å². The summed E-state index contributed by atoms with van der Waals surface area (Å²) >= 11 is 0. The first-order valence-electron chi connectivity index (χ1n) is 11.1. The van der Waals surface area contributed by atoms with Crippen molar-refractivity contribution >= 4 is 27.6 Å². The highest BCUT2D eigenvalue weighted by Gasteiger charge is 2.40. The maximum Gasteiger partial charge on any atom is 0.288 e. The van der Waals surface area contributed by atoms with Gasteiger partial charge < -0.3 is 19.5 Å². The molecular weight excluding hydrogens is 470 g/mol. The topological polar surface area (TPSA) is 117 Å². The first-order chi connectivity index (χ1) is 16.8. The summed E-state index contributed by atoms with van der Waals surface area (Å²) < 4.78 is 31.9. The van der Waals surface area contributed by atoms with Gasteiger partial charge in [-0.05, 0) is 43.3 Å². The molecule has 1 aliphatic rings. The molecule has 0 radical (unpaired) electrons. The Morgan fingerprint density at radius 3 is 2.09 bits per heavy atom. The van der Waals surface area contributed by atoms with Gasteiger partial charge in [0.1, 0.15) is 0 Å². The SMILES string of the molecule is Cc1ccc(S(=O)(=O)[C@H](NC(=O)c2ccco2)C(=O)N2CCN(C(=O)c3ccccc3)CC2)cc1. The molecule has 182 valence electrons. The molecule has 3 aromatic rings. The minimum atomic E-state index is -4.27. The summed E-state index contributed by atoms with van der Waals surface area (Å²) in [6.45, 7) is 2.56. The lowest BCUT2D eigenvalue weighted by molar-refractivity contribution is -0.132. The second-order valence-electron chi connectivity index (χ2n) is 8.17. The zero-order valence-corrected chi connectivity index (χ0v) is 19.9. The maximum atomic E-state index is 13.4. The summed E-state index contributed by atoms with van der Waals surface area (Å²) in [7, 11) is -4.27. The molecule has 4 rings (SSSR count). The van der Waals surface area contributed by atoms with E-state index >= 15 is 0 Å². The van der Waals surface area contributed by atoms with E-state index in [9.17, 15) is 22.8 Å². The Hall–Kier alpha value is -3.92. The van der Waals surface area contributed by atoms with Crippen molar-refractivity contribution in [3.8, 4) is 0 Å². The van der Waals surface area contributed by atoms with Crippen molar-refractivity contribution in [3.63, 3.8) is 0 Å². The lowest BCUT2D eigenvalue weighted by atomic mass is 10.2. The number of sulfone groups is 1. The van der Waals surface area contributed by atoms with Crippen LogP contribution in [0, 0.1) is 6.92 Å². The van der Waals surface area contributed by atoms with E-state index in [0.29, 0.717) is 5.56 Å². The second kappa shape index (κ2) is 10.1. The number of amides is 3. The number of hydrogen-bond acceptors (Lipinski definition) is 6. The summed E-state index contributed by atoms with van der Waals surface area (Å²) in [5, 5.41) is 0.489. The molecule has 1 atom stereocenters. The average Bonchev–Trinajstić information content (AvgIpc) is 3.42.